The fourth-order valence-corrected chi connectivity index (χ4v) is 3.09. The molecule has 3 aromatic carbocycles. The second kappa shape index (κ2) is 6.38. The van der Waals surface area contributed by atoms with Gasteiger partial charge in [0.15, 0.2) is 11.5 Å². The zero-order valence-electron chi connectivity index (χ0n) is 14.7. The van der Waals surface area contributed by atoms with Crippen molar-refractivity contribution in [3.8, 4) is 34.3 Å². The molecule has 0 bridgehead atoms. The standard InChI is InChI=1S/C21H15FN2O4/c1-11-9-13(7-8-14(11)22)24-20(12-5-3-2-4-6-12)23-15-10-16(25)18(26)19(27)17(15)21(24)28/h2-10,25-27H,1H3. The van der Waals surface area contributed by atoms with Crippen molar-refractivity contribution >= 4 is 10.9 Å². The molecule has 4 rings (SSSR count). The van der Waals surface area contributed by atoms with Gasteiger partial charge in [-0.25, -0.2) is 9.37 Å². The maximum atomic E-state index is 13.7. The molecule has 1 heterocycles. The summed E-state index contributed by atoms with van der Waals surface area (Å²) in [5.74, 6) is -2.34. The molecule has 0 saturated carbocycles. The number of aryl methyl sites for hydroxylation is 1. The van der Waals surface area contributed by atoms with Crippen LogP contribution in [-0.2, 0) is 0 Å². The normalized spacial score (nSPS) is 11.1. The number of rotatable bonds is 2. The average molecular weight is 378 g/mol. The fraction of sp³-hybridized carbons (Fsp3) is 0.0476. The minimum atomic E-state index is -0.805. The van der Waals surface area contributed by atoms with Crippen LogP contribution < -0.4 is 5.56 Å². The Morgan fingerprint density at radius 1 is 0.964 bits per heavy atom. The smallest absolute Gasteiger partial charge is 0.270 e. The van der Waals surface area contributed by atoms with E-state index < -0.39 is 28.6 Å². The molecule has 0 unspecified atom stereocenters. The molecule has 0 amide bonds. The maximum Gasteiger partial charge on any atom is 0.270 e. The molecule has 0 spiro atoms. The van der Waals surface area contributed by atoms with E-state index in [0.29, 0.717) is 16.8 Å². The summed E-state index contributed by atoms with van der Waals surface area (Å²) >= 11 is 0. The number of hydrogen-bond donors (Lipinski definition) is 3. The Morgan fingerprint density at radius 3 is 2.36 bits per heavy atom. The van der Waals surface area contributed by atoms with Crippen molar-refractivity contribution in [3.63, 3.8) is 0 Å². The topological polar surface area (TPSA) is 95.6 Å². The molecule has 6 nitrogen and oxygen atoms in total. The van der Waals surface area contributed by atoms with E-state index in [1.165, 1.54) is 22.8 Å². The van der Waals surface area contributed by atoms with Crippen LogP contribution in [0.4, 0.5) is 4.39 Å². The second-order valence-electron chi connectivity index (χ2n) is 6.36. The lowest BCUT2D eigenvalue weighted by Crippen LogP contribution is -2.22. The van der Waals surface area contributed by atoms with Crippen LogP contribution in [0.3, 0.4) is 0 Å². The van der Waals surface area contributed by atoms with Crippen molar-refractivity contribution in [2.75, 3.05) is 0 Å². The van der Waals surface area contributed by atoms with Crippen molar-refractivity contribution in [1.29, 1.82) is 0 Å². The number of hydrogen-bond acceptors (Lipinski definition) is 5. The number of fused-ring (bicyclic) bond motifs is 1. The van der Waals surface area contributed by atoms with Crippen molar-refractivity contribution in [1.82, 2.24) is 9.55 Å². The third kappa shape index (κ3) is 2.64. The minimum Gasteiger partial charge on any atom is -0.504 e. The highest BCUT2D eigenvalue weighted by Gasteiger charge is 2.21. The van der Waals surface area contributed by atoms with Crippen LogP contribution >= 0.6 is 0 Å². The largest absolute Gasteiger partial charge is 0.504 e. The molecule has 140 valence electrons. The Balaban J connectivity index is 2.18. The lowest BCUT2D eigenvalue weighted by atomic mass is 10.1. The van der Waals surface area contributed by atoms with Gasteiger partial charge in [-0.15, -0.1) is 0 Å². The molecule has 0 aliphatic heterocycles. The Bertz CT molecular complexity index is 1280. The van der Waals surface area contributed by atoms with Crippen LogP contribution in [-0.4, -0.2) is 24.9 Å². The van der Waals surface area contributed by atoms with E-state index in [4.69, 9.17) is 0 Å². The monoisotopic (exact) mass is 378 g/mol. The summed E-state index contributed by atoms with van der Waals surface area (Å²) < 4.78 is 15.0. The third-order valence-electron chi connectivity index (χ3n) is 4.52. The van der Waals surface area contributed by atoms with Crippen LogP contribution in [0.25, 0.3) is 28.0 Å². The first-order valence-corrected chi connectivity index (χ1v) is 8.41. The minimum absolute atomic E-state index is 0.0201. The van der Waals surface area contributed by atoms with Gasteiger partial charge in [0.05, 0.1) is 11.2 Å². The number of aromatic nitrogens is 2. The van der Waals surface area contributed by atoms with Crippen LogP contribution in [0.1, 0.15) is 5.56 Å². The molecule has 3 N–H and O–H groups in total. The molecular weight excluding hydrogens is 363 g/mol. The van der Waals surface area contributed by atoms with Crippen LogP contribution in [0.5, 0.6) is 17.2 Å². The lowest BCUT2D eigenvalue weighted by Gasteiger charge is -2.15. The van der Waals surface area contributed by atoms with Gasteiger partial charge in [0.1, 0.15) is 17.0 Å². The highest BCUT2D eigenvalue weighted by Crippen LogP contribution is 2.39. The van der Waals surface area contributed by atoms with Gasteiger partial charge in [0.2, 0.25) is 5.75 Å². The summed E-state index contributed by atoms with van der Waals surface area (Å²) in [7, 11) is 0. The van der Waals surface area contributed by atoms with E-state index in [1.807, 2.05) is 6.07 Å². The van der Waals surface area contributed by atoms with Crippen molar-refractivity contribution < 1.29 is 19.7 Å². The van der Waals surface area contributed by atoms with Gasteiger partial charge in [0.25, 0.3) is 5.56 Å². The SMILES string of the molecule is Cc1cc(-n2c(-c3ccccc3)nc3cc(O)c(O)c(O)c3c2=O)ccc1F. The van der Waals surface area contributed by atoms with Gasteiger partial charge in [-0.1, -0.05) is 30.3 Å². The number of phenols is 3. The predicted octanol–water partition coefficient (Wildman–Crippen LogP) is 3.62. The van der Waals surface area contributed by atoms with E-state index in [2.05, 4.69) is 4.98 Å². The van der Waals surface area contributed by atoms with E-state index in [1.54, 1.807) is 31.2 Å². The van der Waals surface area contributed by atoms with Crippen molar-refractivity contribution in [2.45, 2.75) is 6.92 Å². The molecule has 0 radical (unpaired) electrons. The first kappa shape index (κ1) is 17.5. The Hall–Kier alpha value is -3.87. The number of aromatic hydroxyl groups is 3. The predicted molar refractivity (Wildman–Crippen MR) is 102 cm³/mol. The van der Waals surface area contributed by atoms with Gasteiger partial charge in [-0.05, 0) is 30.7 Å². The van der Waals surface area contributed by atoms with Crippen LogP contribution in [0, 0.1) is 12.7 Å². The maximum absolute atomic E-state index is 13.7. The number of nitrogens with zero attached hydrogens (tertiary/aromatic N) is 2. The number of benzene rings is 3. The Labute approximate surface area is 158 Å². The van der Waals surface area contributed by atoms with Crippen molar-refractivity contribution in [3.05, 3.63) is 76.3 Å². The molecule has 0 saturated heterocycles. The first-order valence-electron chi connectivity index (χ1n) is 8.41. The average Bonchev–Trinajstić information content (AvgIpc) is 2.68. The zero-order chi connectivity index (χ0) is 20.0. The molecule has 28 heavy (non-hydrogen) atoms. The van der Waals surface area contributed by atoms with Crippen LogP contribution in [0.2, 0.25) is 0 Å². The van der Waals surface area contributed by atoms with E-state index in [-0.39, 0.29) is 16.7 Å². The fourth-order valence-electron chi connectivity index (χ4n) is 3.09. The quantitative estimate of drug-likeness (QED) is 0.463. The van der Waals surface area contributed by atoms with Crippen molar-refractivity contribution in [2.24, 2.45) is 0 Å². The summed E-state index contributed by atoms with van der Waals surface area (Å²) in [4.78, 5) is 17.7. The molecule has 0 fully saturated rings. The molecule has 1 aromatic heterocycles. The van der Waals surface area contributed by atoms with Gasteiger partial charge >= 0.3 is 0 Å². The number of halogens is 1. The Morgan fingerprint density at radius 2 is 1.68 bits per heavy atom. The molecule has 0 aliphatic rings. The van der Waals surface area contributed by atoms with Gasteiger partial charge < -0.3 is 15.3 Å². The highest BCUT2D eigenvalue weighted by molar-refractivity contribution is 5.90. The van der Waals surface area contributed by atoms with E-state index in [9.17, 15) is 24.5 Å². The van der Waals surface area contributed by atoms with Gasteiger partial charge in [0, 0.05) is 11.6 Å². The van der Waals surface area contributed by atoms with E-state index >= 15 is 0 Å². The van der Waals surface area contributed by atoms with Gasteiger partial charge in [-0.2, -0.15) is 0 Å². The lowest BCUT2D eigenvalue weighted by molar-refractivity contribution is 0.371. The van der Waals surface area contributed by atoms with E-state index in [0.717, 1.165) is 6.07 Å². The second-order valence-corrected chi connectivity index (χ2v) is 6.36. The summed E-state index contributed by atoms with van der Waals surface area (Å²) in [5.41, 5.74) is 0.648. The Kier molecular flexibility index (Phi) is 4.00. The molecule has 0 atom stereocenters. The van der Waals surface area contributed by atoms with Crippen LogP contribution in [0.15, 0.2) is 59.4 Å². The summed E-state index contributed by atoms with van der Waals surface area (Å²) in [6.07, 6.45) is 0. The first-order chi connectivity index (χ1) is 13.4. The molecule has 7 heteroatoms. The summed E-state index contributed by atoms with van der Waals surface area (Å²) in [6, 6.07) is 14.1. The summed E-state index contributed by atoms with van der Waals surface area (Å²) in [6.45, 7) is 1.57. The van der Waals surface area contributed by atoms with Gasteiger partial charge in [-0.3, -0.25) is 9.36 Å². The molecular formula is C21H15FN2O4. The number of phenolic OH excluding ortho intramolecular Hbond substituents is 3. The zero-order valence-corrected chi connectivity index (χ0v) is 14.7. The summed E-state index contributed by atoms with van der Waals surface area (Å²) in [5, 5.41) is 29.6. The molecule has 0 aliphatic carbocycles. The highest BCUT2D eigenvalue weighted by atomic mass is 19.1. The molecule has 4 aromatic rings. The third-order valence-corrected chi connectivity index (χ3v) is 4.52.